The van der Waals surface area contributed by atoms with Crippen molar-refractivity contribution < 1.29 is 9.84 Å². The van der Waals surface area contributed by atoms with Gasteiger partial charge >= 0.3 is 0 Å². The highest BCUT2D eigenvalue weighted by molar-refractivity contribution is 4.76. The van der Waals surface area contributed by atoms with E-state index in [1.165, 1.54) is 0 Å². The first-order chi connectivity index (χ1) is 6.74. The maximum atomic E-state index is 9.69. The Hall–Kier alpha value is -0.120. The summed E-state index contributed by atoms with van der Waals surface area (Å²) in [6.45, 7) is 3.80. The van der Waals surface area contributed by atoms with E-state index in [1.807, 2.05) is 0 Å². The molecule has 0 spiro atoms. The normalized spacial score (nSPS) is 23.4. The van der Waals surface area contributed by atoms with Crippen LogP contribution in [0.4, 0.5) is 0 Å². The summed E-state index contributed by atoms with van der Waals surface area (Å²) in [5.74, 6) is 0.658. The highest BCUT2D eigenvalue weighted by Gasteiger charge is 2.21. The second-order valence-corrected chi connectivity index (χ2v) is 4.31. The molecule has 1 aliphatic rings. The molecular formula is C11H23NO2. The molecule has 0 aliphatic carbocycles. The molecule has 14 heavy (non-hydrogen) atoms. The predicted molar refractivity (Wildman–Crippen MR) is 57.1 cm³/mol. The van der Waals surface area contributed by atoms with Crippen molar-refractivity contribution in [2.45, 2.75) is 51.2 Å². The summed E-state index contributed by atoms with van der Waals surface area (Å²) in [7, 11) is 0. The first-order valence-corrected chi connectivity index (χ1v) is 5.75. The van der Waals surface area contributed by atoms with Crippen LogP contribution < -0.4 is 5.73 Å². The van der Waals surface area contributed by atoms with Crippen LogP contribution in [-0.4, -0.2) is 30.5 Å². The first kappa shape index (κ1) is 12.0. The number of aliphatic hydroxyl groups excluding tert-OH is 1. The van der Waals surface area contributed by atoms with Gasteiger partial charge in [0, 0.05) is 19.3 Å². The number of nitrogens with two attached hydrogens (primary N) is 1. The molecule has 1 aliphatic heterocycles. The number of hydrogen-bond donors (Lipinski definition) is 2. The molecule has 0 unspecified atom stereocenters. The second-order valence-electron chi connectivity index (χ2n) is 4.31. The second kappa shape index (κ2) is 6.38. The number of aliphatic hydroxyl groups is 1. The van der Waals surface area contributed by atoms with E-state index in [-0.39, 0.29) is 12.1 Å². The van der Waals surface area contributed by atoms with E-state index in [4.69, 9.17) is 10.5 Å². The fraction of sp³-hybridized carbons (Fsp3) is 1.00. The Labute approximate surface area is 86.6 Å². The largest absolute Gasteiger partial charge is 0.392 e. The smallest absolute Gasteiger partial charge is 0.0691 e. The SMILES string of the molecule is CCC[C@@H](O)[C@@H](N)CC1CCOCC1. The van der Waals surface area contributed by atoms with Crippen molar-refractivity contribution in [3.8, 4) is 0 Å². The third kappa shape index (κ3) is 3.95. The lowest BCUT2D eigenvalue weighted by Crippen LogP contribution is -2.37. The molecule has 0 aromatic carbocycles. The highest BCUT2D eigenvalue weighted by Crippen LogP contribution is 2.21. The molecule has 0 bridgehead atoms. The van der Waals surface area contributed by atoms with Gasteiger partial charge < -0.3 is 15.6 Å². The van der Waals surface area contributed by atoms with E-state index >= 15 is 0 Å². The van der Waals surface area contributed by atoms with Crippen LogP contribution in [-0.2, 0) is 4.74 Å². The third-order valence-electron chi connectivity index (χ3n) is 3.03. The van der Waals surface area contributed by atoms with Gasteiger partial charge in [-0.2, -0.15) is 0 Å². The summed E-state index contributed by atoms with van der Waals surface area (Å²) < 4.78 is 5.29. The van der Waals surface area contributed by atoms with Crippen LogP contribution in [0.25, 0.3) is 0 Å². The van der Waals surface area contributed by atoms with Crippen LogP contribution in [0.15, 0.2) is 0 Å². The van der Waals surface area contributed by atoms with Crippen molar-refractivity contribution in [2.24, 2.45) is 11.7 Å². The molecule has 0 aromatic heterocycles. The molecule has 3 N–H and O–H groups in total. The van der Waals surface area contributed by atoms with Gasteiger partial charge in [0.1, 0.15) is 0 Å². The molecule has 3 heteroatoms. The highest BCUT2D eigenvalue weighted by atomic mass is 16.5. The Kier molecular flexibility index (Phi) is 5.45. The van der Waals surface area contributed by atoms with Crippen LogP contribution in [0.1, 0.15) is 39.0 Å². The summed E-state index contributed by atoms with van der Waals surface area (Å²) in [5.41, 5.74) is 5.94. The first-order valence-electron chi connectivity index (χ1n) is 5.75. The molecule has 1 saturated heterocycles. The van der Waals surface area contributed by atoms with Gasteiger partial charge in [-0.3, -0.25) is 0 Å². The minimum atomic E-state index is -0.317. The molecule has 2 atom stereocenters. The van der Waals surface area contributed by atoms with Crippen LogP contribution in [0.2, 0.25) is 0 Å². The van der Waals surface area contributed by atoms with Gasteiger partial charge in [0.05, 0.1) is 6.10 Å². The van der Waals surface area contributed by atoms with Gasteiger partial charge in [0.15, 0.2) is 0 Å². The summed E-state index contributed by atoms with van der Waals surface area (Å²) >= 11 is 0. The number of hydrogen-bond acceptors (Lipinski definition) is 3. The van der Waals surface area contributed by atoms with Gasteiger partial charge in [-0.25, -0.2) is 0 Å². The van der Waals surface area contributed by atoms with Crippen LogP contribution in [0.3, 0.4) is 0 Å². The summed E-state index contributed by atoms with van der Waals surface area (Å²) in [6.07, 6.45) is 4.67. The van der Waals surface area contributed by atoms with E-state index < -0.39 is 0 Å². The number of rotatable bonds is 5. The molecule has 0 saturated carbocycles. The summed E-state index contributed by atoms with van der Waals surface area (Å²) in [4.78, 5) is 0. The molecule has 1 heterocycles. The van der Waals surface area contributed by atoms with E-state index in [2.05, 4.69) is 6.92 Å². The zero-order valence-electron chi connectivity index (χ0n) is 9.11. The van der Waals surface area contributed by atoms with E-state index in [1.54, 1.807) is 0 Å². The zero-order chi connectivity index (χ0) is 10.4. The van der Waals surface area contributed by atoms with Crippen molar-refractivity contribution in [3.63, 3.8) is 0 Å². The van der Waals surface area contributed by atoms with Gasteiger partial charge in [-0.1, -0.05) is 13.3 Å². The van der Waals surface area contributed by atoms with Crippen LogP contribution in [0.5, 0.6) is 0 Å². The molecule has 3 nitrogen and oxygen atoms in total. The third-order valence-corrected chi connectivity index (χ3v) is 3.03. The maximum Gasteiger partial charge on any atom is 0.0691 e. The monoisotopic (exact) mass is 201 g/mol. The molecule has 0 amide bonds. The lowest BCUT2D eigenvalue weighted by molar-refractivity contribution is 0.0510. The van der Waals surface area contributed by atoms with Crippen molar-refractivity contribution in [2.75, 3.05) is 13.2 Å². The van der Waals surface area contributed by atoms with Crippen molar-refractivity contribution in [1.82, 2.24) is 0 Å². The van der Waals surface area contributed by atoms with E-state index in [9.17, 15) is 5.11 Å². The Bertz CT molecular complexity index is 146. The fourth-order valence-corrected chi connectivity index (χ4v) is 2.03. The molecule has 1 rings (SSSR count). The van der Waals surface area contributed by atoms with Gasteiger partial charge in [0.2, 0.25) is 0 Å². The molecule has 1 fully saturated rings. The summed E-state index contributed by atoms with van der Waals surface area (Å²) in [5, 5.41) is 9.69. The molecule has 0 aromatic rings. The Morgan fingerprint density at radius 1 is 1.43 bits per heavy atom. The van der Waals surface area contributed by atoms with Gasteiger partial charge in [0.25, 0.3) is 0 Å². The van der Waals surface area contributed by atoms with Crippen molar-refractivity contribution in [1.29, 1.82) is 0 Å². The molecular weight excluding hydrogens is 178 g/mol. The quantitative estimate of drug-likeness (QED) is 0.704. The number of ether oxygens (including phenoxy) is 1. The molecule has 0 radical (unpaired) electrons. The van der Waals surface area contributed by atoms with Crippen molar-refractivity contribution in [3.05, 3.63) is 0 Å². The Morgan fingerprint density at radius 2 is 2.07 bits per heavy atom. The fourth-order valence-electron chi connectivity index (χ4n) is 2.03. The topological polar surface area (TPSA) is 55.5 Å². The minimum absolute atomic E-state index is 0.0435. The lowest BCUT2D eigenvalue weighted by Gasteiger charge is -2.27. The Morgan fingerprint density at radius 3 is 2.64 bits per heavy atom. The van der Waals surface area contributed by atoms with E-state index in [0.717, 1.165) is 45.3 Å². The predicted octanol–water partition coefficient (Wildman–Crippen LogP) is 1.29. The standard InChI is InChI=1S/C11H23NO2/c1-2-3-11(13)10(12)8-9-4-6-14-7-5-9/h9-11,13H,2-8,12H2,1H3/t10-,11+/m0/s1. The zero-order valence-corrected chi connectivity index (χ0v) is 9.11. The maximum absolute atomic E-state index is 9.69. The van der Waals surface area contributed by atoms with Crippen LogP contribution in [0, 0.1) is 5.92 Å². The van der Waals surface area contributed by atoms with Gasteiger partial charge in [-0.05, 0) is 31.6 Å². The summed E-state index contributed by atoms with van der Waals surface area (Å²) in [6, 6.07) is -0.0435. The van der Waals surface area contributed by atoms with Crippen LogP contribution >= 0.6 is 0 Å². The average molecular weight is 201 g/mol. The van der Waals surface area contributed by atoms with Crippen molar-refractivity contribution >= 4 is 0 Å². The molecule has 84 valence electrons. The van der Waals surface area contributed by atoms with E-state index in [0.29, 0.717) is 5.92 Å². The average Bonchev–Trinajstić information content (AvgIpc) is 2.19. The Balaban J connectivity index is 2.20. The van der Waals surface area contributed by atoms with Gasteiger partial charge in [-0.15, -0.1) is 0 Å². The lowest BCUT2D eigenvalue weighted by atomic mass is 9.90. The minimum Gasteiger partial charge on any atom is -0.392 e.